The Morgan fingerprint density at radius 1 is 1.44 bits per heavy atom. The van der Waals surface area contributed by atoms with Gasteiger partial charge in [0, 0.05) is 4.90 Å². The maximum Gasteiger partial charge on any atom is 0.327 e. The van der Waals surface area contributed by atoms with Crippen LogP contribution >= 0.6 is 23.4 Å². The van der Waals surface area contributed by atoms with Crippen molar-refractivity contribution in [2.75, 3.05) is 13.2 Å². The minimum atomic E-state index is -0.366. The molecule has 3 nitrogen and oxygen atoms in total. The number of rotatable bonds is 4. The van der Waals surface area contributed by atoms with E-state index in [2.05, 4.69) is 4.99 Å². The van der Waals surface area contributed by atoms with Crippen LogP contribution in [0.25, 0.3) is 0 Å². The lowest BCUT2D eigenvalue weighted by Gasteiger charge is -1.99. The van der Waals surface area contributed by atoms with Crippen LogP contribution in [-0.4, -0.2) is 23.6 Å². The number of benzene rings is 1. The van der Waals surface area contributed by atoms with E-state index in [1.807, 2.05) is 30.3 Å². The molecule has 0 spiro atoms. The summed E-state index contributed by atoms with van der Waals surface area (Å²) in [5, 5.41) is 0. The molecule has 0 aliphatic rings. The average Bonchev–Trinajstić information content (AvgIpc) is 2.28. The molecule has 0 aliphatic carbocycles. The molecule has 1 aromatic rings. The summed E-state index contributed by atoms with van der Waals surface area (Å²) in [6.45, 7) is 2.08. The van der Waals surface area contributed by atoms with Gasteiger partial charge in [-0.1, -0.05) is 41.6 Å². The Balaban J connectivity index is 2.43. The SMILES string of the molecule is CCOC(=O)CN=C(Cl)Sc1ccccc1. The summed E-state index contributed by atoms with van der Waals surface area (Å²) >= 11 is 7.18. The maximum absolute atomic E-state index is 11.0. The van der Waals surface area contributed by atoms with E-state index in [4.69, 9.17) is 16.3 Å². The first-order valence-corrected chi connectivity index (χ1v) is 6.00. The molecule has 86 valence electrons. The van der Waals surface area contributed by atoms with Crippen LogP contribution in [0, 0.1) is 0 Å². The van der Waals surface area contributed by atoms with Crippen molar-refractivity contribution in [3.8, 4) is 0 Å². The van der Waals surface area contributed by atoms with E-state index in [1.54, 1.807) is 6.92 Å². The van der Waals surface area contributed by atoms with Gasteiger partial charge in [-0.05, 0) is 19.1 Å². The molecule has 16 heavy (non-hydrogen) atoms. The third-order valence-electron chi connectivity index (χ3n) is 1.58. The van der Waals surface area contributed by atoms with Crippen LogP contribution in [0.1, 0.15) is 6.92 Å². The van der Waals surface area contributed by atoms with E-state index < -0.39 is 0 Å². The Hall–Kier alpha value is -1.00. The smallest absolute Gasteiger partial charge is 0.327 e. The summed E-state index contributed by atoms with van der Waals surface area (Å²) < 4.78 is 5.06. The molecular formula is C11H12ClNO2S. The van der Waals surface area contributed by atoms with E-state index in [9.17, 15) is 4.79 Å². The second-order valence-corrected chi connectivity index (χ2v) is 4.43. The number of ether oxygens (including phenoxy) is 1. The molecule has 0 fully saturated rings. The monoisotopic (exact) mass is 257 g/mol. The lowest BCUT2D eigenvalue weighted by atomic mass is 10.4. The van der Waals surface area contributed by atoms with Crippen LogP contribution in [0.3, 0.4) is 0 Å². The summed E-state index contributed by atoms with van der Waals surface area (Å²) in [5.74, 6) is -0.366. The van der Waals surface area contributed by atoms with Gasteiger partial charge in [-0.2, -0.15) is 0 Å². The molecule has 0 atom stereocenters. The van der Waals surface area contributed by atoms with E-state index in [-0.39, 0.29) is 12.5 Å². The van der Waals surface area contributed by atoms with E-state index in [0.29, 0.717) is 11.1 Å². The second-order valence-electron chi connectivity index (χ2n) is 2.79. The van der Waals surface area contributed by atoms with Gasteiger partial charge in [0.1, 0.15) is 6.54 Å². The van der Waals surface area contributed by atoms with Crippen LogP contribution in [0.2, 0.25) is 0 Å². The molecule has 0 saturated carbocycles. The van der Waals surface area contributed by atoms with Crippen molar-refractivity contribution in [3.05, 3.63) is 30.3 Å². The fourth-order valence-electron chi connectivity index (χ4n) is 0.951. The molecule has 0 amide bonds. The first-order chi connectivity index (χ1) is 7.72. The molecule has 5 heteroatoms. The Morgan fingerprint density at radius 3 is 2.75 bits per heavy atom. The summed E-state index contributed by atoms with van der Waals surface area (Å²) in [7, 11) is 0. The highest BCUT2D eigenvalue weighted by Gasteiger charge is 2.02. The Labute approximate surface area is 104 Å². The number of carbonyl (C=O) groups excluding carboxylic acids is 1. The highest BCUT2D eigenvalue weighted by atomic mass is 35.5. The highest BCUT2D eigenvalue weighted by molar-refractivity contribution is 8.16. The topological polar surface area (TPSA) is 38.7 Å². The summed E-state index contributed by atoms with van der Waals surface area (Å²) in [6, 6.07) is 9.60. The standard InChI is InChI=1S/C11H12ClNO2S/c1-2-15-10(14)8-13-11(12)16-9-6-4-3-5-7-9/h3-7H,2,8H2,1H3. The molecule has 0 saturated heterocycles. The number of thioether (sulfide) groups is 1. The van der Waals surface area contributed by atoms with E-state index >= 15 is 0 Å². The molecule has 0 aromatic heterocycles. The fourth-order valence-corrected chi connectivity index (χ4v) is 1.90. The zero-order valence-electron chi connectivity index (χ0n) is 8.85. The van der Waals surface area contributed by atoms with Crippen molar-refractivity contribution >= 4 is 33.8 Å². The average molecular weight is 258 g/mol. The predicted octanol–water partition coefficient (Wildman–Crippen LogP) is 2.94. The first kappa shape index (κ1) is 13.1. The van der Waals surface area contributed by atoms with Crippen LogP contribution in [-0.2, 0) is 9.53 Å². The van der Waals surface area contributed by atoms with Crippen LogP contribution < -0.4 is 0 Å². The molecule has 0 aliphatic heterocycles. The predicted molar refractivity (Wildman–Crippen MR) is 67.1 cm³/mol. The van der Waals surface area contributed by atoms with Gasteiger partial charge in [-0.3, -0.25) is 9.79 Å². The number of halogens is 1. The molecule has 0 N–H and O–H groups in total. The van der Waals surface area contributed by atoms with Gasteiger partial charge >= 0.3 is 5.97 Å². The van der Waals surface area contributed by atoms with Crippen molar-refractivity contribution in [3.63, 3.8) is 0 Å². The van der Waals surface area contributed by atoms with Crippen LogP contribution in [0.5, 0.6) is 0 Å². The number of hydrogen-bond donors (Lipinski definition) is 0. The lowest BCUT2D eigenvalue weighted by molar-refractivity contribution is -0.141. The number of esters is 1. The molecule has 0 bridgehead atoms. The zero-order valence-corrected chi connectivity index (χ0v) is 10.4. The summed E-state index contributed by atoms with van der Waals surface area (Å²) in [4.78, 5) is 15.9. The largest absolute Gasteiger partial charge is 0.465 e. The van der Waals surface area contributed by atoms with Gasteiger partial charge in [0.05, 0.1) is 6.61 Å². The van der Waals surface area contributed by atoms with Crippen molar-refractivity contribution < 1.29 is 9.53 Å². The normalized spacial score (nSPS) is 11.2. The quantitative estimate of drug-likeness (QED) is 0.360. The van der Waals surface area contributed by atoms with Gasteiger partial charge in [0.15, 0.2) is 4.50 Å². The highest BCUT2D eigenvalue weighted by Crippen LogP contribution is 2.20. The molecule has 0 unspecified atom stereocenters. The molecule has 1 aromatic carbocycles. The van der Waals surface area contributed by atoms with Crippen molar-refractivity contribution in [1.29, 1.82) is 0 Å². The maximum atomic E-state index is 11.0. The Bertz CT molecular complexity index is 368. The van der Waals surface area contributed by atoms with Crippen molar-refractivity contribution in [2.45, 2.75) is 11.8 Å². The number of hydrogen-bond acceptors (Lipinski definition) is 4. The minimum Gasteiger partial charge on any atom is -0.465 e. The van der Waals surface area contributed by atoms with Gasteiger partial charge < -0.3 is 4.74 Å². The molecular weight excluding hydrogens is 246 g/mol. The molecule has 0 heterocycles. The zero-order chi connectivity index (χ0) is 11.8. The first-order valence-electron chi connectivity index (χ1n) is 4.81. The molecule has 0 radical (unpaired) electrons. The van der Waals surface area contributed by atoms with Gasteiger partial charge in [0.2, 0.25) is 0 Å². The third-order valence-corrected chi connectivity index (χ3v) is 2.74. The van der Waals surface area contributed by atoms with Crippen LogP contribution in [0.15, 0.2) is 40.2 Å². The van der Waals surface area contributed by atoms with Crippen LogP contribution in [0.4, 0.5) is 0 Å². The van der Waals surface area contributed by atoms with Gasteiger partial charge in [0.25, 0.3) is 0 Å². The van der Waals surface area contributed by atoms with Crippen molar-refractivity contribution in [2.24, 2.45) is 4.99 Å². The Morgan fingerprint density at radius 2 is 2.12 bits per heavy atom. The van der Waals surface area contributed by atoms with E-state index in [1.165, 1.54) is 11.8 Å². The summed E-state index contributed by atoms with van der Waals surface area (Å²) in [5.41, 5.74) is 0. The van der Waals surface area contributed by atoms with E-state index in [0.717, 1.165) is 4.90 Å². The number of aliphatic imine (C=N–C) groups is 1. The molecule has 1 rings (SSSR count). The third kappa shape index (κ3) is 5.19. The van der Waals surface area contributed by atoms with Crippen molar-refractivity contribution in [1.82, 2.24) is 0 Å². The lowest BCUT2D eigenvalue weighted by Crippen LogP contribution is -2.08. The van der Waals surface area contributed by atoms with Gasteiger partial charge in [-0.25, -0.2) is 0 Å². The minimum absolute atomic E-state index is 0.0352. The summed E-state index contributed by atoms with van der Waals surface area (Å²) in [6.07, 6.45) is 0. The second kappa shape index (κ2) is 7.30. The number of carbonyl (C=O) groups is 1. The fraction of sp³-hybridized carbons (Fsp3) is 0.273. The Kier molecular flexibility index (Phi) is 5.96. The number of nitrogens with zero attached hydrogens (tertiary/aromatic N) is 1. The van der Waals surface area contributed by atoms with Gasteiger partial charge in [-0.15, -0.1) is 0 Å².